The van der Waals surface area contributed by atoms with Gasteiger partial charge in [-0.2, -0.15) is 0 Å². The molecule has 0 aliphatic rings. The minimum Gasteiger partial charge on any atom is -0.310 e. The van der Waals surface area contributed by atoms with Crippen LogP contribution in [0.25, 0.3) is 0 Å². The topological polar surface area (TPSA) is 12.0 Å². The fourth-order valence-electron chi connectivity index (χ4n) is 2.23. The highest BCUT2D eigenvalue weighted by atomic mass is 35.5. The lowest BCUT2D eigenvalue weighted by Gasteiger charge is -2.20. The van der Waals surface area contributed by atoms with E-state index >= 15 is 0 Å². The van der Waals surface area contributed by atoms with E-state index in [2.05, 4.69) is 5.32 Å². The second kappa shape index (κ2) is 7.21. The summed E-state index contributed by atoms with van der Waals surface area (Å²) in [6.45, 7) is 2.64. The highest BCUT2D eigenvalue weighted by molar-refractivity contribution is 6.31. The van der Waals surface area contributed by atoms with E-state index in [9.17, 15) is 8.78 Å². The van der Waals surface area contributed by atoms with Crippen LogP contribution in [-0.2, 0) is 6.42 Å². The van der Waals surface area contributed by atoms with Gasteiger partial charge >= 0.3 is 0 Å². The molecule has 0 radical (unpaired) electrons. The van der Waals surface area contributed by atoms with Crippen LogP contribution in [0.4, 0.5) is 8.78 Å². The molecular weight excluding hydrogens is 315 g/mol. The van der Waals surface area contributed by atoms with Crippen LogP contribution in [0.15, 0.2) is 36.4 Å². The normalized spacial score (nSPS) is 12.4. The van der Waals surface area contributed by atoms with E-state index in [0.29, 0.717) is 28.6 Å². The molecule has 5 heteroatoms. The van der Waals surface area contributed by atoms with Crippen LogP contribution in [0.2, 0.25) is 10.0 Å². The Morgan fingerprint density at radius 2 is 1.86 bits per heavy atom. The van der Waals surface area contributed by atoms with E-state index < -0.39 is 5.82 Å². The van der Waals surface area contributed by atoms with Gasteiger partial charge in [-0.25, -0.2) is 8.78 Å². The maximum Gasteiger partial charge on any atom is 0.127 e. The molecule has 1 nitrogen and oxygen atoms in total. The molecule has 2 aromatic rings. The van der Waals surface area contributed by atoms with E-state index in [-0.39, 0.29) is 11.9 Å². The van der Waals surface area contributed by atoms with Crippen LogP contribution in [0.3, 0.4) is 0 Å². The fourth-order valence-corrected chi connectivity index (χ4v) is 2.69. The predicted octanol–water partition coefficient (Wildman–Crippen LogP) is 5.16. The van der Waals surface area contributed by atoms with Gasteiger partial charge in [0.2, 0.25) is 0 Å². The molecule has 0 bridgehead atoms. The van der Waals surface area contributed by atoms with Crippen molar-refractivity contribution in [3.63, 3.8) is 0 Å². The summed E-state index contributed by atoms with van der Waals surface area (Å²) in [6.07, 6.45) is 0.405. The van der Waals surface area contributed by atoms with Gasteiger partial charge in [-0.3, -0.25) is 0 Å². The number of hydrogen-bond donors (Lipinski definition) is 1. The van der Waals surface area contributed by atoms with Gasteiger partial charge in [0.05, 0.1) is 0 Å². The van der Waals surface area contributed by atoms with Crippen LogP contribution < -0.4 is 5.32 Å². The lowest BCUT2D eigenvalue weighted by molar-refractivity contribution is 0.526. The molecule has 1 N–H and O–H groups in total. The molecule has 0 saturated carbocycles. The van der Waals surface area contributed by atoms with Crippen LogP contribution >= 0.6 is 23.2 Å². The van der Waals surface area contributed by atoms with Gasteiger partial charge < -0.3 is 5.32 Å². The number of rotatable bonds is 5. The molecule has 1 unspecified atom stereocenters. The molecular formula is C16H15Cl2F2N. The maximum atomic E-state index is 13.9. The van der Waals surface area contributed by atoms with Crippen molar-refractivity contribution in [3.05, 3.63) is 69.2 Å². The molecule has 0 amide bonds. The molecule has 0 spiro atoms. The Hall–Kier alpha value is -1.16. The first-order valence-corrected chi connectivity index (χ1v) is 7.39. The highest BCUT2D eigenvalue weighted by Gasteiger charge is 2.17. The van der Waals surface area contributed by atoms with Crippen molar-refractivity contribution in [2.75, 3.05) is 6.54 Å². The summed E-state index contributed by atoms with van der Waals surface area (Å²) >= 11 is 11.9. The smallest absolute Gasteiger partial charge is 0.127 e. The molecule has 0 aromatic heterocycles. The lowest BCUT2D eigenvalue weighted by Crippen LogP contribution is -2.23. The third-order valence-electron chi connectivity index (χ3n) is 3.23. The van der Waals surface area contributed by atoms with Gasteiger partial charge in [-0.05, 0) is 48.4 Å². The zero-order valence-electron chi connectivity index (χ0n) is 11.5. The Labute approximate surface area is 132 Å². The monoisotopic (exact) mass is 329 g/mol. The van der Waals surface area contributed by atoms with Crippen molar-refractivity contribution in [1.82, 2.24) is 5.32 Å². The minimum absolute atomic E-state index is 0.196. The zero-order valence-corrected chi connectivity index (χ0v) is 13.0. The molecule has 0 aliphatic heterocycles. The third-order valence-corrected chi connectivity index (χ3v) is 3.79. The van der Waals surface area contributed by atoms with Crippen LogP contribution in [0, 0.1) is 11.6 Å². The Balaban J connectivity index is 2.30. The average molecular weight is 330 g/mol. The quantitative estimate of drug-likeness (QED) is 0.798. The van der Waals surface area contributed by atoms with Gasteiger partial charge in [0.1, 0.15) is 11.6 Å². The van der Waals surface area contributed by atoms with Gasteiger partial charge in [-0.15, -0.1) is 0 Å². The van der Waals surface area contributed by atoms with E-state index in [1.165, 1.54) is 18.2 Å². The predicted molar refractivity (Wildman–Crippen MR) is 82.9 cm³/mol. The maximum absolute atomic E-state index is 13.9. The number of nitrogens with one attached hydrogen (secondary N) is 1. The van der Waals surface area contributed by atoms with E-state index in [4.69, 9.17) is 23.2 Å². The number of hydrogen-bond acceptors (Lipinski definition) is 1. The first-order valence-electron chi connectivity index (χ1n) is 6.63. The standard InChI is InChI=1S/C16H15Cl2F2N/c1-2-21-16(13-6-5-12(19)9-14(13)18)7-10-3-4-11(17)8-15(10)20/h3-6,8-9,16,21H,2,7H2,1H3. The molecule has 2 aromatic carbocycles. The highest BCUT2D eigenvalue weighted by Crippen LogP contribution is 2.28. The summed E-state index contributed by atoms with van der Waals surface area (Å²) in [6, 6.07) is 8.63. The van der Waals surface area contributed by atoms with Crippen molar-refractivity contribution in [2.45, 2.75) is 19.4 Å². The Bertz CT molecular complexity index is 632. The lowest BCUT2D eigenvalue weighted by atomic mass is 9.98. The molecule has 21 heavy (non-hydrogen) atoms. The third kappa shape index (κ3) is 4.16. The molecule has 1 atom stereocenters. The van der Waals surface area contributed by atoms with E-state index in [1.54, 1.807) is 18.2 Å². The van der Waals surface area contributed by atoms with Crippen LogP contribution in [-0.4, -0.2) is 6.54 Å². The van der Waals surface area contributed by atoms with Crippen molar-refractivity contribution in [3.8, 4) is 0 Å². The molecule has 0 heterocycles. The Morgan fingerprint density at radius 1 is 1.10 bits per heavy atom. The van der Waals surface area contributed by atoms with Gasteiger partial charge in [-0.1, -0.05) is 42.3 Å². The number of halogens is 4. The first kappa shape index (κ1) is 16.2. The summed E-state index contributed by atoms with van der Waals surface area (Å²) in [7, 11) is 0. The van der Waals surface area contributed by atoms with Crippen molar-refractivity contribution < 1.29 is 8.78 Å². The number of benzene rings is 2. The number of likely N-dealkylation sites (N-methyl/N-ethyl adjacent to an activating group) is 1. The molecule has 112 valence electrons. The Kier molecular flexibility index (Phi) is 5.57. The van der Waals surface area contributed by atoms with Crippen molar-refractivity contribution in [1.29, 1.82) is 0 Å². The summed E-state index contributed by atoms with van der Waals surface area (Å²) < 4.78 is 27.1. The second-order valence-electron chi connectivity index (χ2n) is 4.72. The van der Waals surface area contributed by atoms with Crippen molar-refractivity contribution in [2.24, 2.45) is 0 Å². The summed E-state index contributed by atoms with van der Waals surface area (Å²) in [5, 5.41) is 3.93. The van der Waals surface area contributed by atoms with Crippen LogP contribution in [0.5, 0.6) is 0 Å². The second-order valence-corrected chi connectivity index (χ2v) is 5.56. The summed E-state index contributed by atoms with van der Waals surface area (Å²) in [4.78, 5) is 0. The zero-order chi connectivity index (χ0) is 15.4. The average Bonchev–Trinajstić information content (AvgIpc) is 2.41. The Morgan fingerprint density at radius 3 is 2.48 bits per heavy atom. The summed E-state index contributed by atoms with van der Waals surface area (Å²) in [5.41, 5.74) is 1.28. The minimum atomic E-state index is -0.392. The SMILES string of the molecule is CCNC(Cc1ccc(Cl)cc1F)c1ccc(F)cc1Cl. The summed E-state index contributed by atoms with van der Waals surface area (Å²) in [5.74, 6) is -0.750. The van der Waals surface area contributed by atoms with E-state index in [0.717, 1.165) is 5.56 Å². The first-order chi connectivity index (χ1) is 10.0. The molecule has 0 aliphatic carbocycles. The van der Waals surface area contributed by atoms with Gasteiger partial charge in [0.25, 0.3) is 0 Å². The molecule has 0 fully saturated rings. The van der Waals surface area contributed by atoms with Gasteiger partial charge in [0.15, 0.2) is 0 Å². The largest absolute Gasteiger partial charge is 0.310 e. The van der Waals surface area contributed by atoms with Crippen LogP contribution in [0.1, 0.15) is 24.1 Å². The van der Waals surface area contributed by atoms with Crippen molar-refractivity contribution >= 4 is 23.2 Å². The van der Waals surface area contributed by atoms with Gasteiger partial charge in [0, 0.05) is 16.1 Å². The fraction of sp³-hybridized carbons (Fsp3) is 0.250. The van der Waals surface area contributed by atoms with E-state index in [1.807, 2.05) is 6.92 Å². The molecule has 2 rings (SSSR count). The molecule has 0 saturated heterocycles.